The van der Waals surface area contributed by atoms with E-state index in [1.54, 1.807) is 66.7 Å². The van der Waals surface area contributed by atoms with Crippen molar-refractivity contribution < 1.29 is 19.1 Å². The molecule has 3 aromatic rings. The van der Waals surface area contributed by atoms with Crippen LogP contribution in [-0.4, -0.2) is 18.2 Å². The Morgan fingerprint density at radius 2 is 1.83 bits per heavy atom. The molecule has 4 rings (SSSR count). The molecule has 0 fully saturated rings. The molecule has 0 unspecified atom stereocenters. The number of ether oxygens (including phenoxy) is 2. The Labute approximate surface area is 191 Å². The van der Waals surface area contributed by atoms with Crippen LogP contribution in [0.5, 0.6) is 11.5 Å². The van der Waals surface area contributed by atoms with E-state index in [4.69, 9.17) is 32.7 Å². The van der Waals surface area contributed by atoms with Crippen molar-refractivity contribution in [2.45, 2.75) is 0 Å². The lowest BCUT2D eigenvalue weighted by molar-refractivity contribution is 0.0921. The minimum absolute atomic E-state index is 0.130. The summed E-state index contributed by atoms with van der Waals surface area (Å²) in [4.78, 5) is 24.9. The molecule has 0 saturated carbocycles. The van der Waals surface area contributed by atoms with Gasteiger partial charge in [-0.3, -0.25) is 9.59 Å². The maximum absolute atomic E-state index is 12.6. The predicted molar refractivity (Wildman–Crippen MR) is 120 cm³/mol. The van der Waals surface area contributed by atoms with Crippen LogP contribution < -0.4 is 9.47 Å². The Balaban J connectivity index is 1.49. The number of allylic oxidation sites excluding steroid dienone is 1. The van der Waals surface area contributed by atoms with Crippen LogP contribution in [0.1, 0.15) is 26.3 Å². The third-order valence-electron chi connectivity index (χ3n) is 4.45. The molecule has 0 N–H and O–H groups in total. The highest BCUT2D eigenvalue weighted by atomic mass is 79.9. The van der Waals surface area contributed by atoms with Crippen molar-refractivity contribution in [2.75, 3.05) is 6.61 Å². The summed E-state index contributed by atoms with van der Waals surface area (Å²) >= 11 is 15.5. The fourth-order valence-corrected chi connectivity index (χ4v) is 3.52. The summed E-state index contributed by atoms with van der Waals surface area (Å²) in [6.07, 6.45) is 1.55. The van der Waals surface area contributed by atoms with Gasteiger partial charge in [0.15, 0.2) is 18.1 Å². The lowest BCUT2D eigenvalue weighted by Gasteiger charge is -2.07. The molecule has 1 heterocycles. The second kappa shape index (κ2) is 8.64. The van der Waals surface area contributed by atoms with Crippen LogP contribution in [0.4, 0.5) is 0 Å². The van der Waals surface area contributed by atoms with Crippen LogP contribution >= 0.6 is 39.1 Å². The number of benzene rings is 3. The molecular formula is C23H13BrCl2O4. The van der Waals surface area contributed by atoms with E-state index in [1.165, 1.54) is 0 Å². The zero-order chi connectivity index (χ0) is 21.3. The average molecular weight is 504 g/mol. The summed E-state index contributed by atoms with van der Waals surface area (Å²) in [6.45, 7) is -0.130. The first-order valence-corrected chi connectivity index (χ1v) is 10.4. The van der Waals surface area contributed by atoms with Crippen molar-refractivity contribution in [3.8, 4) is 11.5 Å². The Kier molecular flexibility index (Phi) is 5.95. The lowest BCUT2D eigenvalue weighted by atomic mass is 10.1. The fourth-order valence-electron chi connectivity index (χ4n) is 2.90. The zero-order valence-electron chi connectivity index (χ0n) is 15.3. The second-order valence-corrected chi connectivity index (χ2v) is 8.16. The topological polar surface area (TPSA) is 52.6 Å². The van der Waals surface area contributed by atoms with E-state index >= 15 is 0 Å². The van der Waals surface area contributed by atoms with E-state index in [0.717, 1.165) is 4.47 Å². The maximum atomic E-state index is 12.6. The van der Waals surface area contributed by atoms with Crippen LogP contribution in [0.15, 0.2) is 70.9 Å². The molecule has 3 aromatic carbocycles. The number of fused-ring (bicyclic) bond motifs is 1. The third kappa shape index (κ3) is 4.29. The van der Waals surface area contributed by atoms with E-state index in [9.17, 15) is 9.59 Å². The number of carbonyl (C=O) groups excluding carboxylic acids is 2. The molecule has 1 aliphatic heterocycles. The van der Waals surface area contributed by atoms with Crippen molar-refractivity contribution in [2.24, 2.45) is 0 Å². The van der Waals surface area contributed by atoms with E-state index < -0.39 is 0 Å². The van der Waals surface area contributed by atoms with Crippen molar-refractivity contribution >= 4 is 56.8 Å². The van der Waals surface area contributed by atoms with Gasteiger partial charge in [-0.05, 0) is 42.0 Å². The number of hydrogen-bond donors (Lipinski definition) is 0. The molecule has 0 amide bonds. The largest absolute Gasteiger partial charge is 0.485 e. The molecule has 0 spiro atoms. The summed E-state index contributed by atoms with van der Waals surface area (Å²) in [7, 11) is 0. The zero-order valence-corrected chi connectivity index (χ0v) is 18.4. The minimum Gasteiger partial charge on any atom is -0.485 e. The summed E-state index contributed by atoms with van der Waals surface area (Å²) in [6, 6.07) is 17.0. The minimum atomic E-state index is -0.265. The Morgan fingerprint density at radius 3 is 2.60 bits per heavy atom. The number of carbonyl (C=O) groups is 2. The second-order valence-electron chi connectivity index (χ2n) is 6.46. The first-order chi connectivity index (χ1) is 14.4. The summed E-state index contributed by atoms with van der Waals surface area (Å²) in [5.41, 5.74) is 1.54. The SMILES string of the molecule is O=C(COc1ccc2c(c1)OC(=Cc1cccc(Cl)c1Cl)C2=O)c1ccc(Br)cc1. The van der Waals surface area contributed by atoms with E-state index in [0.29, 0.717) is 38.2 Å². The van der Waals surface area contributed by atoms with Crippen molar-refractivity contribution in [3.63, 3.8) is 0 Å². The smallest absolute Gasteiger partial charge is 0.231 e. The molecule has 0 bridgehead atoms. The van der Waals surface area contributed by atoms with Crippen LogP contribution in [0.2, 0.25) is 10.0 Å². The average Bonchev–Trinajstić information content (AvgIpc) is 3.05. The number of hydrogen-bond acceptors (Lipinski definition) is 4. The highest BCUT2D eigenvalue weighted by Crippen LogP contribution is 2.36. The van der Waals surface area contributed by atoms with Gasteiger partial charge in [-0.25, -0.2) is 0 Å². The third-order valence-corrected chi connectivity index (χ3v) is 5.81. The summed E-state index contributed by atoms with van der Waals surface area (Å²) < 4.78 is 12.2. The normalized spacial score (nSPS) is 13.8. The van der Waals surface area contributed by atoms with Crippen molar-refractivity contribution in [1.29, 1.82) is 0 Å². The van der Waals surface area contributed by atoms with Crippen LogP contribution in [0, 0.1) is 0 Å². The molecule has 0 aliphatic carbocycles. The van der Waals surface area contributed by atoms with E-state index in [2.05, 4.69) is 15.9 Å². The molecule has 0 aromatic heterocycles. The molecule has 7 heteroatoms. The first-order valence-electron chi connectivity index (χ1n) is 8.86. The highest BCUT2D eigenvalue weighted by molar-refractivity contribution is 9.10. The van der Waals surface area contributed by atoms with Crippen LogP contribution in [0.3, 0.4) is 0 Å². The molecule has 0 radical (unpaired) electrons. The number of ketones is 2. The fraction of sp³-hybridized carbons (Fsp3) is 0.0435. The molecule has 0 atom stereocenters. The van der Waals surface area contributed by atoms with E-state index in [-0.39, 0.29) is 23.9 Å². The Bertz CT molecular complexity index is 1190. The molecule has 0 saturated heterocycles. The molecule has 1 aliphatic rings. The lowest BCUT2D eigenvalue weighted by Crippen LogP contribution is -2.11. The van der Waals surface area contributed by atoms with Gasteiger partial charge in [-0.2, -0.15) is 0 Å². The Morgan fingerprint density at radius 1 is 1.07 bits per heavy atom. The van der Waals surface area contributed by atoms with Gasteiger partial charge in [-0.15, -0.1) is 0 Å². The number of rotatable bonds is 5. The molecule has 30 heavy (non-hydrogen) atoms. The van der Waals surface area contributed by atoms with Crippen molar-refractivity contribution in [1.82, 2.24) is 0 Å². The van der Waals surface area contributed by atoms with Gasteiger partial charge < -0.3 is 9.47 Å². The number of halogens is 3. The Hall–Kier alpha value is -2.60. The van der Waals surface area contributed by atoms with Crippen LogP contribution in [0.25, 0.3) is 6.08 Å². The van der Waals surface area contributed by atoms with Gasteiger partial charge in [0.25, 0.3) is 0 Å². The van der Waals surface area contributed by atoms with Gasteiger partial charge in [0.2, 0.25) is 5.78 Å². The number of Topliss-reactive ketones (excluding diaryl/α,β-unsaturated/α-hetero) is 2. The monoisotopic (exact) mass is 502 g/mol. The van der Waals surface area contributed by atoms with Gasteiger partial charge in [0.05, 0.1) is 15.6 Å². The van der Waals surface area contributed by atoms with Crippen molar-refractivity contribution in [3.05, 3.63) is 97.6 Å². The quantitative estimate of drug-likeness (QED) is 0.289. The van der Waals surface area contributed by atoms with Gasteiger partial charge in [-0.1, -0.05) is 63.4 Å². The highest BCUT2D eigenvalue weighted by Gasteiger charge is 2.28. The maximum Gasteiger partial charge on any atom is 0.231 e. The summed E-state index contributed by atoms with van der Waals surface area (Å²) in [5.74, 6) is 0.499. The first kappa shape index (κ1) is 20.7. The van der Waals surface area contributed by atoms with E-state index in [1.807, 2.05) is 0 Å². The predicted octanol–water partition coefficient (Wildman–Crippen LogP) is 6.63. The molecule has 4 nitrogen and oxygen atoms in total. The van der Waals surface area contributed by atoms with Gasteiger partial charge in [0, 0.05) is 16.1 Å². The molecular weight excluding hydrogens is 491 g/mol. The van der Waals surface area contributed by atoms with Gasteiger partial charge in [0.1, 0.15) is 11.5 Å². The standard InChI is InChI=1S/C23H13BrCl2O4/c24-15-6-4-13(5-7-15)19(27)12-29-16-8-9-17-20(11-16)30-21(23(17)28)10-14-2-1-3-18(25)22(14)26/h1-11H,12H2. The summed E-state index contributed by atoms with van der Waals surface area (Å²) in [5, 5.41) is 0.731. The molecule has 150 valence electrons. The van der Waals surface area contributed by atoms with Gasteiger partial charge >= 0.3 is 0 Å². The van der Waals surface area contributed by atoms with Crippen LogP contribution in [-0.2, 0) is 0 Å².